The number of rotatable bonds is 4. The van der Waals surface area contributed by atoms with E-state index < -0.39 is 23.6 Å². The van der Waals surface area contributed by atoms with Gasteiger partial charge >= 0.3 is 6.18 Å². The zero-order valence-corrected chi connectivity index (χ0v) is 16.0. The minimum atomic E-state index is -4.70. The van der Waals surface area contributed by atoms with Gasteiger partial charge in [0.2, 0.25) is 5.91 Å². The number of alkyl halides is 3. The zero-order valence-electron chi connectivity index (χ0n) is 16.0. The van der Waals surface area contributed by atoms with Gasteiger partial charge < -0.3 is 27.0 Å². The summed E-state index contributed by atoms with van der Waals surface area (Å²) in [6.45, 7) is 0.787. The molecule has 1 saturated heterocycles. The summed E-state index contributed by atoms with van der Waals surface area (Å²) in [6.07, 6.45) is -2.12. The molecule has 1 atom stereocenters. The summed E-state index contributed by atoms with van der Waals surface area (Å²) in [7, 11) is 0. The van der Waals surface area contributed by atoms with Crippen LogP contribution in [0, 0.1) is 0 Å². The Morgan fingerprint density at radius 2 is 1.94 bits per heavy atom. The Kier molecular flexibility index (Phi) is 5.23. The molecule has 31 heavy (non-hydrogen) atoms. The van der Waals surface area contributed by atoms with Gasteiger partial charge in [-0.15, -0.1) is 0 Å². The maximum atomic E-state index is 13.0. The molecule has 6 N–H and O–H groups in total. The standard InChI is InChI=1S/C19H18F3N7O2/c20-19(21,22)13-5-7-25-16(29-13)14(15(23)30)17-27-10-4-3-9(8-12(10)28-17)26-18(31)11-2-1-6-24-11/h3-5,7-8,11,24,27-28H,1-2,6H2,(H2,23,30)(H,26,31)/b17-14-/t11-/m0/s1. The maximum Gasteiger partial charge on any atom is 0.433 e. The number of carbonyl (C=O) groups is 2. The molecule has 4 rings (SSSR count). The van der Waals surface area contributed by atoms with Gasteiger partial charge in [-0.3, -0.25) is 9.59 Å². The Labute approximate surface area is 174 Å². The molecule has 0 bridgehead atoms. The molecule has 0 saturated carbocycles. The van der Waals surface area contributed by atoms with Gasteiger partial charge in [0.1, 0.15) is 17.1 Å². The van der Waals surface area contributed by atoms with E-state index in [-0.39, 0.29) is 23.3 Å². The Balaban J connectivity index is 1.61. The highest BCUT2D eigenvalue weighted by Crippen LogP contribution is 2.36. The van der Waals surface area contributed by atoms with Gasteiger partial charge in [0, 0.05) is 11.9 Å². The van der Waals surface area contributed by atoms with Gasteiger partial charge in [-0.05, 0) is 43.7 Å². The van der Waals surface area contributed by atoms with Crippen molar-refractivity contribution >= 4 is 34.4 Å². The Bertz CT molecular complexity index is 1080. The van der Waals surface area contributed by atoms with Crippen molar-refractivity contribution in [2.45, 2.75) is 25.1 Å². The van der Waals surface area contributed by atoms with E-state index in [2.05, 4.69) is 31.2 Å². The molecule has 2 amide bonds. The number of aromatic nitrogens is 2. The topological polar surface area (TPSA) is 134 Å². The minimum Gasteiger partial charge on any atom is -0.365 e. The van der Waals surface area contributed by atoms with Crippen molar-refractivity contribution in [2.75, 3.05) is 22.5 Å². The Morgan fingerprint density at radius 1 is 1.16 bits per heavy atom. The number of primary amides is 1. The molecule has 0 radical (unpaired) electrons. The number of nitrogens with two attached hydrogens (primary N) is 1. The predicted octanol–water partition coefficient (Wildman–Crippen LogP) is 1.88. The minimum absolute atomic E-state index is 0.0442. The number of nitrogens with one attached hydrogen (secondary N) is 4. The molecule has 1 fully saturated rings. The summed E-state index contributed by atoms with van der Waals surface area (Å²) in [5.41, 5.74) is 5.43. The van der Waals surface area contributed by atoms with E-state index in [0.29, 0.717) is 23.1 Å². The predicted molar refractivity (Wildman–Crippen MR) is 106 cm³/mol. The van der Waals surface area contributed by atoms with Crippen LogP contribution in [0.25, 0.3) is 5.57 Å². The fourth-order valence-corrected chi connectivity index (χ4v) is 3.38. The zero-order chi connectivity index (χ0) is 22.2. The lowest BCUT2D eigenvalue weighted by Crippen LogP contribution is -2.35. The van der Waals surface area contributed by atoms with Crippen LogP contribution in [0.5, 0.6) is 0 Å². The van der Waals surface area contributed by atoms with Crippen molar-refractivity contribution in [3.05, 3.63) is 47.8 Å². The molecule has 1 aromatic heterocycles. The lowest BCUT2D eigenvalue weighted by molar-refractivity contribution is -0.141. The first kappa shape index (κ1) is 20.6. The van der Waals surface area contributed by atoms with E-state index in [9.17, 15) is 22.8 Å². The van der Waals surface area contributed by atoms with Crippen molar-refractivity contribution in [2.24, 2.45) is 5.73 Å². The van der Waals surface area contributed by atoms with Crippen LogP contribution in [0.1, 0.15) is 24.4 Å². The van der Waals surface area contributed by atoms with Crippen LogP contribution in [0.2, 0.25) is 0 Å². The van der Waals surface area contributed by atoms with Crippen molar-refractivity contribution in [1.82, 2.24) is 15.3 Å². The van der Waals surface area contributed by atoms with E-state index in [1.807, 2.05) is 0 Å². The second-order valence-electron chi connectivity index (χ2n) is 7.03. The third-order valence-electron chi connectivity index (χ3n) is 4.85. The third-order valence-corrected chi connectivity index (χ3v) is 4.85. The SMILES string of the molecule is NC(=O)/C(=C1\Nc2ccc(NC(=O)[C@@H]3CCCN3)cc2N1)c1nccc(C(F)(F)F)n1. The van der Waals surface area contributed by atoms with E-state index in [1.165, 1.54) is 0 Å². The van der Waals surface area contributed by atoms with Crippen LogP contribution in [-0.4, -0.2) is 34.4 Å². The van der Waals surface area contributed by atoms with Crippen LogP contribution in [-0.2, 0) is 15.8 Å². The maximum absolute atomic E-state index is 13.0. The van der Waals surface area contributed by atoms with E-state index >= 15 is 0 Å². The van der Waals surface area contributed by atoms with E-state index in [4.69, 9.17) is 5.73 Å². The normalized spacial score (nSPS) is 19.3. The Morgan fingerprint density at radius 3 is 2.61 bits per heavy atom. The van der Waals surface area contributed by atoms with Gasteiger partial charge in [-0.25, -0.2) is 9.97 Å². The molecule has 2 aliphatic rings. The summed E-state index contributed by atoms with van der Waals surface area (Å²) in [5, 5.41) is 11.7. The molecule has 9 nitrogen and oxygen atoms in total. The van der Waals surface area contributed by atoms with Gasteiger partial charge in [-0.1, -0.05) is 0 Å². The highest BCUT2D eigenvalue weighted by molar-refractivity contribution is 6.20. The molecular weight excluding hydrogens is 415 g/mol. The lowest BCUT2D eigenvalue weighted by atomic mass is 10.2. The summed E-state index contributed by atoms with van der Waals surface area (Å²) < 4.78 is 39.0. The molecule has 0 spiro atoms. The number of amides is 2. The lowest BCUT2D eigenvalue weighted by Gasteiger charge is -2.11. The van der Waals surface area contributed by atoms with Gasteiger partial charge in [0.15, 0.2) is 5.82 Å². The second kappa shape index (κ2) is 7.87. The number of hydrogen-bond acceptors (Lipinski definition) is 7. The summed E-state index contributed by atoms with van der Waals surface area (Å²) >= 11 is 0. The third kappa shape index (κ3) is 4.28. The second-order valence-corrected chi connectivity index (χ2v) is 7.03. The first-order valence-electron chi connectivity index (χ1n) is 9.39. The fourth-order valence-electron chi connectivity index (χ4n) is 3.38. The van der Waals surface area contributed by atoms with Crippen LogP contribution in [0.15, 0.2) is 36.3 Å². The number of anilines is 3. The quantitative estimate of drug-likeness (QED) is 0.465. The molecule has 1 aromatic carbocycles. The van der Waals surface area contributed by atoms with Crippen molar-refractivity contribution in [3.63, 3.8) is 0 Å². The van der Waals surface area contributed by atoms with Gasteiger partial charge in [0.05, 0.1) is 17.4 Å². The average molecular weight is 433 g/mol. The van der Waals surface area contributed by atoms with E-state index in [1.54, 1.807) is 18.2 Å². The number of nitrogens with zero attached hydrogens (tertiary/aromatic N) is 2. The highest BCUT2D eigenvalue weighted by Gasteiger charge is 2.34. The summed E-state index contributed by atoms with van der Waals surface area (Å²) in [4.78, 5) is 31.5. The Hall–Kier alpha value is -3.67. The van der Waals surface area contributed by atoms with Crippen molar-refractivity contribution in [1.29, 1.82) is 0 Å². The van der Waals surface area contributed by atoms with E-state index in [0.717, 1.165) is 25.6 Å². The first-order valence-corrected chi connectivity index (χ1v) is 9.39. The molecule has 2 aliphatic heterocycles. The average Bonchev–Trinajstić information content (AvgIpc) is 3.37. The molecule has 0 aliphatic carbocycles. The van der Waals surface area contributed by atoms with Crippen LogP contribution in [0.3, 0.4) is 0 Å². The molecular formula is C19H18F3N7O2. The molecule has 3 heterocycles. The van der Waals surface area contributed by atoms with Gasteiger partial charge in [0.25, 0.3) is 5.91 Å². The smallest absolute Gasteiger partial charge is 0.365 e. The molecule has 0 unspecified atom stereocenters. The highest BCUT2D eigenvalue weighted by atomic mass is 19.4. The molecule has 162 valence electrons. The van der Waals surface area contributed by atoms with Crippen LogP contribution in [0.4, 0.5) is 30.2 Å². The number of halogens is 3. The number of benzene rings is 1. The van der Waals surface area contributed by atoms with Gasteiger partial charge in [-0.2, -0.15) is 13.2 Å². The van der Waals surface area contributed by atoms with Crippen molar-refractivity contribution in [3.8, 4) is 0 Å². The number of hydrogen-bond donors (Lipinski definition) is 5. The molecule has 12 heteroatoms. The van der Waals surface area contributed by atoms with Crippen LogP contribution < -0.4 is 27.0 Å². The summed E-state index contributed by atoms with van der Waals surface area (Å²) in [5.74, 6) is -1.59. The fraction of sp³-hybridized carbons (Fsp3) is 0.263. The largest absolute Gasteiger partial charge is 0.433 e. The van der Waals surface area contributed by atoms with Crippen LogP contribution >= 0.6 is 0 Å². The number of fused-ring (bicyclic) bond motifs is 1. The number of carbonyl (C=O) groups excluding carboxylic acids is 2. The molecule has 2 aromatic rings. The summed E-state index contributed by atoms with van der Waals surface area (Å²) in [6, 6.07) is 5.39. The monoisotopic (exact) mass is 433 g/mol. The van der Waals surface area contributed by atoms with Crippen molar-refractivity contribution < 1.29 is 22.8 Å². The first-order chi connectivity index (χ1) is 14.7.